The van der Waals surface area contributed by atoms with Gasteiger partial charge in [-0.05, 0) is 37.8 Å². The Labute approximate surface area is 127 Å². The van der Waals surface area contributed by atoms with E-state index < -0.39 is 0 Å². The molecular weight excluding hydrogens is 270 g/mol. The third kappa shape index (κ3) is 5.39. The molecule has 1 fully saturated rings. The first-order chi connectivity index (χ1) is 9.78. The molecule has 0 radical (unpaired) electrons. The molecule has 112 valence electrons. The second-order valence-electron chi connectivity index (χ2n) is 5.61. The molecule has 1 saturated heterocycles. The Morgan fingerprint density at radius 3 is 2.90 bits per heavy atom. The van der Waals surface area contributed by atoms with E-state index in [1.165, 1.54) is 24.8 Å². The normalized spacial score (nSPS) is 25.3. The van der Waals surface area contributed by atoms with Gasteiger partial charge in [0.05, 0.1) is 12.0 Å². The summed E-state index contributed by atoms with van der Waals surface area (Å²) < 4.78 is 0. The number of nitrogens with one attached hydrogen (secondary N) is 1. The molecule has 0 aromatic carbocycles. The van der Waals surface area contributed by atoms with Crippen molar-refractivity contribution in [3.8, 4) is 0 Å². The second kappa shape index (κ2) is 8.60. The lowest BCUT2D eigenvalue weighted by Gasteiger charge is -2.31. The zero-order chi connectivity index (χ0) is 14.2. The molecule has 1 atom stereocenters. The molecule has 2 rings (SSSR count). The summed E-state index contributed by atoms with van der Waals surface area (Å²) in [6, 6.07) is 0.708. The monoisotopic (exact) mass is 295 g/mol. The Morgan fingerprint density at radius 1 is 1.45 bits per heavy atom. The molecule has 0 aromatic heterocycles. The van der Waals surface area contributed by atoms with Crippen molar-refractivity contribution in [2.75, 3.05) is 26.3 Å². The van der Waals surface area contributed by atoms with E-state index in [0.29, 0.717) is 6.04 Å². The van der Waals surface area contributed by atoms with Crippen LogP contribution < -0.4 is 5.32 Å². The van der Waals surface area contributed by atoms with Crippen molar-refractivity contribution in [3.05, 3.63) is 23.8 Å². The van der Waals surface area contributed by atoms with Gasteiger partial charge in [0, 0.05) is 25.3 Å². The van der Waals surface area contributed by atoms with Crippen molar-refractivity contribution >= 4 is 17.8 Å². The van der Waals surface area contributed by atoms with Gasteiger partial charge in [-0.3, -0.25) is 9.89 Å². The molecule has 0 spiro atoms. The third-order valence-corrected chi connectivity index (χ3v) is 4.19. The summed E-state index contributed by atoms with van der Waals surface area (Å²) >= 11 is 6.00. The standard InChI is InChI=1S/C16H26ClN3/c1-2-9-19-16-7-10-20(11-8-16)13-18-12-14-3-5-15(17)6-4-14/h3-5,12,15-16,19H,2,6-11,13H2,1H3/b18-12+. The van der Waals surface area contributed by atoms with Crippen LogP contribution in [0.15, 0.2) is 28.8 Å². The maximum absolute atomic E-state index is 6.00. The Bertz CT molecular complexity index is 368. The minimum atomic E-state index is 0.154. The third-order valence-electron chi connectivity index (χ3n) is 3.87. The fraction of sp³-hybridized carbons (Fsp3) is 0.688. The van der Waals surface area contributed by atoms with Gasteiger partial charge in [-0.25, -0.2) is 0 Å². The molecule has 3 nitrogen and oxygen atoms in total. The van der Waals surface area contributed by atoms with Crippen LogP contribution in [0.2, 0.25) is 0 Å². The molecule has 1 unspecified atom stereocenters. The summed E-state index contributed by atoms with van der Waals surface area (Å²) in [6.07, 6.45) is 12.8. The molecule has 20 heavy (non-hydrogen) atoms. The molecule has 1 aliphatic heterocycles. The van der Waals surface area contributed by atoms with Gasteiger partial charge in [0.1, 0.15) is 0 Å². The van der Waals surface area contributed by atoms with Crippen LogP contribution in [-0.4, -0.2) is 48.8 Å². The summed E-state index contributed by atoms with van der Waals surface area (Å²) in [5.41, 5.74) is 1.18. The van der Waals surface area contributed by atoms with Crippen LogP contribution in [0.1, 0.15) is 32.6 Å². The molecule has 0 bridgehead atoms. The molecule has 0 aromatic rings. The molecule has 1 heterocycles. The number of hydrogen-bond donors (Lipinski definition) is 1. The van der Waals surface area contributed by atoms with Crippen LogP contribution in [-0.2, 0) is 0 Å². The number of aliphatic imine (C=N–C) groups is 1. The van der Waals surface area contributed by atoms with Gasteiger partial charge in [-0.1, -0.05) is 25.2 Å². The number of alkyl halides is 1. The average molecular weight is 296 g/mol. The van der Waals surface area contributed by atoms with Crippen LogP contribution in [0, 0.1) is 0 Å². The van der Waals surface area contributed by atoms with Gasteiger partial charge in [0.25, 0.3) is 0 Å². The Balaban J connectivity index is 1.65. The fourth-order valence-electron chi connectivity index (χ4n) is 2.60. The predicted octanol–water partition coefficient (Wildman–Crippen LogP) is 2.97. The lowest BCUT2D eigenvalue weighted by Crippen LogP contribution is -2.42. The molecule has 2 aliphatic rings. The number of hydrogen-bond acceptors (Lipinski definition) is 3. The Kier molecular flexibility index (Phi) is 6.77. The van der Waals surface area contributed by atoms with Crippen molar-refractivity contribution < 1.29 is 0 Å². The largest absolute Gasteiger partial charge is 0.314 e. The average Bonchev–Trinajstić information content (AvgIpc) is 2.48. The van der Waals surface area contributed by atoms with E-state index in [2.05, 4.69) is 34.3 Å². The minimum absolute atomic E-state index is 0.154. The van der Waals surface area contributed by atoms with Gasteiger partial charge in [0.2, 0.25) is 0 Å². The molecule has 4 heteroatoms. The first kappa shape index (κ1) is 15.7. The number of halogens is 1. The fourth-order valence-corrected chi connectivity index (χ4v) is 2.76. The summed E-state index contributed by atoms with van der Waals surface area (Å²) in [6.45, 7) is 6.48. The van der Waals surface area contributed by atoms with Crippen LogP contribution >= 0.6 is 11.6 Å². The topological polar surface area (TPSA) is 27.6 Å². The molecular formula is C16H26ClN3. The summed E-state index contributed by atoms with van der Waals surface area (Å²) in [5, 5.41) is 3.76. The van der Waals surface area contributed by atoms with E-state index in [-0.39, 0.29) is 5.38 Å². The maximum atomic E-state index is 6.00. The van der Waals surface area contributed by atoms with E-state index in [1.54, 1.807) is 0 Å². The molecule has 1 N–H and O–H groups in total. The predicted molar refractivity (Wildman–Crippen MR) is 87.7 cm³/mol. The highest BCUT2D eigenvalue weighted by molar-refractivity contribution is 6.22. The first-order valence-electron chi connectivity index (χ1n) is 7.76. The highest BCUT2D eigenvalue weighted by Crippen LogP contribution is 2.14. The zero-order valence-electron chi connectivity index (χ0n) is 12.4. The van der Waals surface area contributed by atoms with E-state index in [4.69, 9.17) is 11.6 Å². The first-order valence-corrected chi connectivity index (χ1v) is 8.19. The zero-order valence-corrected chi connectivity index (χ0v) is 13.1. The number of allylic oxidation sites excluding steroid dienone is 4. The van der Waals surface area contributed by atoms with Gasteiger partial charge in [-0.2, -0.15) is 0 Å². The second-order valence-corrected chi connectivity index (χ2v) is 6.18. The van der Waals surface area contributed by atoms with Crippen molar-refractivity contribution in [2.24, 2.45) is 4.99 Å². The molecule has 1 aliphatic carbocycles. The summed E-state index contributed by atoms with van der Waals surface area (Å²) in [7, 11) is 0. The van der Waals surface area contributed by atoms with E-state index in [1.807, 2.05) is 12.3 Å². The van der Waals surface area contributed by atoms with Crippen molar-refractivity contribution in [1.82, 2.24) is 10.2 Å². The Hall–Kier alpha value is -0.640. The van der Waals surface area contributed by atoms with Gasteiger partial charge < -0.3 is 5.32 Å². The van der Waals surface area contributed by atoms with Crippen LogP contribution in [0.25, 0.3) is 0 Å². The molecule has 0 amide bonds. The van der Waals surface area contributed by atoms with Crippen molar-refractivity contribution in [1.29, 1.82) is 0 Å². The Morgan fingerprint density at radius 2 is 2.25 bits per heavy atom. The van der Waals surface area contributed by atoms with E-state index in [9.17, 15) is 0 Å². The van der Waals surface area contributed by atoms with Crippen molar-refractivity contribution in [3.63, 3.8) is 0 Å². The highest BCUT2D eigenvalue weighted by Gasteiger charge is 2.17. The van der Waals surface area contributed by atoms with E-state index in [0.717, 1.165) is 32.7 Å². The van der Waals surface area contributed by atoms with Gasteiger partial charge in [0.15, 0.2) is 0 Å². The summed E-state index contributed by atoms with van der Waals surface area (Å²) in [4.78, 5) is 6.98. The van der Waals surface area contributed by atoms with Crippen LogP contribution in [0.5, 0.6) is 0 Å². The van der Waals surface area contributed by atoms with E-state index >= 15 is 0 Å². The highest BCUT2D eigenvalue weighted by atomic mass is 35.5. The maximum Gasteiger partial charge on any atom is 0.0909 e. The number of piperidine rings is 1. The quantitative estimate of drug-likeness (QED) is 0.603. The SMILES string of the molecule is CCCNC1CCN(C/N=C/C2=CCC(Cl)C=C2)CC1. The summed E-state index contributed by atoms with van der Waals surface area (Å²) in [5.74, 6) is 0. The number of nitrogens with zero attached hydrogens (tertiary/aromatic N) is 2. The van der Waals surface area contributed by atoms with Crippen molar-refractivity contribution in [2.45, 2.75) is 44.0 Å². The van der Waals surface area contributed by atoms with Gasteiger partial charge >= 0.3 is 0 Å². The smallest absolute Gasteiger partial charge is 0.0909 e. The van der Waals surface area contributed by atoms with Gasteiger partial charge in [-0.15, -0.1) is 11.6 Å². The molecule has 0 saturated carbocycles. The number of likely N-dealkylation sites (tertiary alicyclic amines) is 1. The number of rotatable bonds is 6. The van der Waals surface area contributed by atoms with Crippen LogP contribution in [0.3, 0.4) is 0 Å². The van der Waals surface area contributed by atoms with Crippen LogP contribution in [0.4, 0.5) is 0 Å². The lowest BCUT2D eigenvalue weighted by atomic mass is 10.1. The lowest BCUT2D eigenvalue weighted by molar-refractivity contribution is 0.203. The minimum Gasteiger partial charge on any atom is -0.314 e.